The number of hydrogen-bond donors (Lipinski definition) is 2. The lowest BCUT2D eigenvalue weighted by Gasteiger charge is -2.22. The van der Waals surface area contributed by atoms with Crippen molar-refractivity contribution in [3.05, 3.63) is 35.9 Å². The molecule has 0 fully saturated rings. The minimum atomic E-state index is -0.952. The van der Waals surface area contributed by atoms with Crippen LogP contribution in [0, 0.1) is 0 Å². The number of carboxylic acids is 1. The molecule has 6 heteroatoms. The van der Waals surface area contributed by atoms with Crippen LogP contribution in [0.1, 0.15) is 18.9 Å². The van der Waals surface area contributed by atoms with Crippen LogP contribution in [0.4, 0.5) is 0 Å². The summed E-state index contributed by atoms with van der Waals surface area (Å²) in [6, 6.07) is 9.26. The van der Waals surface area contributed by atoms with Crippen LogP contribution in [0.15, 0.2) is 30.3 Å². The second kappa shape index (κ2) is 8.73. The van der Waals surface area contributed by atoms with Crippen LogP contribution >= 0.6 is 0 Å². The summed E-state index contributed by atoms with van der Waals surface area (Å²) in [5.41, 5.74) is 0.877. The topological polar surface area (TPSA) is 86.7 Å². The van der Waals surface area contributed by atoms with Gasteiger partial charge in [-0.15, -0.1) is 0 Å². The van der Waals surface area contributed by atoms with E-state index in [9.17, 15) is 14.4 Å². The molecule has 1 aromatic carbocycles. The van der Waals surface area contributed by atoms with Gasteiger partial charge in [0.1, 0.15) is 0 Å². The van der Waals surface area contributed by atoms with Gasteiger partial charge in [-0.05, 0) is 5.56 Å². The van der Waals surface area contributed by atoms with Crippen molar-refractivity contribution >= 4 is 17.8 Å². The molecule has 0 heterocycles. The minimum absolute atomic E-state index is 0.111. The second-order valence-corrected chi connectivity index (χ2v) is 4.67. The molecule has 0 aliphatic heterocycles. The van der Waals surface area contributed by atoms with Crippen molar-refractivity contribution in [2.24, 2.45) is 0 Å². The molecule has 1 rings (SSSR count). The van der Waals surface area contributed by atoms with Gasteiger partial charge in [0.05, 0.1) is 12.8 Å². The molecule has 0 bridgehead atoms. The van der Waals surface area contributed by atoms with Crippen LogP contribution in [0.5, 0.6) is 0 Å². The molecule has 0 aliphatic rings. The molecule has 0 unspecified atom stereocenters. The van der Waals surface area contributed by atoms with E-state index in [1.165, 1.54) is 11.8 Å². The Hall–Kier alpha value is -2.37. The quantitative estimate of drug-likeness (QED) is 0.737. The van der Waals surface area contributed by atoms with Crippen LogP contribution in [0.2, 0.25) is 0 Å². The van der Waals surface area contributed by atoms with Crippen molar-refractivity contribution in [1.29, 1.82) is 0 Å². The molecule has 114 valence electrons. The Morgan fingerprint density at radius 1 is 1.14 bits per heavy atom. The summed E-state index contributed by atoms with van der Waals surface area (Å²) in [4.78, 5) is 35.2. The third kappa shape index (κ3) is 7.10. The van der Waals surface area contributed by atoms with Crippen molar-refractivity contribution < 1.29 is 19.5 Å². The molecular formula is C15H20N2O4. The van der Waals surface area contributed by atoms with Gasteiger partial charge in [0.25, 0.3) is 0 Å². The molecule has 0 radical (unpaired) electrons. The van der Waals surface area contributed by atoms with Crippen LogP contribution < -0.4 is 5.32 Å². The number of carbonyl (C=O) groups excluding carboxylic acids is 2. The molecule has 2 N–H and O–H groups in total. The van der Waals surface area contributed by atoms with Crippen molar-refractivity contribution in [2.75, 3.05) is 19.6 Å². The first-order chi connectivity index (χ1) is 9.99. The van der Waals surface area contributed by atoms with Gasteiger partial charge < -0.3 is 15.3 Å². The molecule has 2 amide bonds. The van der Waals surface area contributed by atoms with Gasteiger partial charge in [-0.1, -0.05) is 30.3 Å². The number of carboxylic acid groups (broad SMARTS) is 1. The number of amides is 2. The van der Waals surface area contributed by atoms with Gasteiger partial charge in [0.2, 0.25) is 11.8 Å². The Balaban J connectivity index is 2.58. The lowest BCUT2D eigenvalue weighted by atomic mass is 10.1. The van der Waals surface area contributed by atoms with E-state index in [0.717, 1.165) is 5.56 Å². The van der Waals surface area contributed by atoms with Crippen LogP contribution in [0.3, 0.4) is 0 Å². The zero-order valence-corrected chi connectivity index (χ0v) is 12.0. The Bertz CT molecular complexity index is 488. The predicted molar refractivity (Wildman–Crippen MR) is 77.7 cm³/mol. The summed E-state index contributed by atoms with van der Waals surface area (Å²) in [7, 11) is 0. The molecule has 0 aliphatic carbocycles. The fourth-order valence-electron chi connectivity index (χ4n) is 1.84. The predicted octanol–water partition coefficient (Wildman–Crippen LogP) is 0.669. The Labute approximate surface area is 123 Å². The van der Waals surface area contributed by atoms with Gasteiger partial charge in [0.15, 0.2) is 0 Å². The minimum Gasteiger partial charge on any atom is -0.481 e. The third-order valence-corrected chi connectivity index (χ3v) is 2.90. The number of rotatable bonds is 8. The van der Waals surface area contributed by atoms with Crippen LogP contribution in [-0.4, -0.2) is 47.4 Å². The first kappa shape index (κ1) is 16.7. The molecule has 0 spiro atoms. The Kier molecular flexibility index (Phi) is 6.94. The van der Waals surface area contributed by atoms with Crippen LogP contribution in [0.25, 0.3) is 0 Å². The standard InChI is InChI=1S/C15H20N2O4/c1-12(18)16-8-10-17(9-7-15(20)21)14(19)11-13-5-3-2-4-6-13/h2-6H,7-11H2,1H3,(H,16,18)(H,20,21). The highest BCUT2D eigenvalue weighted by atomic mass is 16.4. The van der Waals surface area contributed by atoms with Gasteiger partial charge in [-0.2, -0.15) is 0 Å². The highest BCUT2D eigenvalue weighted by molar-refractivity contribution is 5.79. The SMILES string of the molecule is CC(=O)NCCN(CCC(=O)O)C(=O)Cc1ccccc1. The van der Waals surface area contributed by atoms with Gasteiger partial charge in [0, 0.05) is 26.6 Å². The highest BCUT2D eigenvalue weighted by Gasteiger charge is 2.15. The summed E-state index contributed by atoms with van der Waals surface area (Å²) >= 11 is 0. The van der Waals surface area contributed by atoms with Crippen molar-refractivity contribution in [2.45, 2.75) is 19.8 Å². The molecule has 0 saturated carbocycles. The van der Waals surface area contributed by atoms with Gasteiger partial charge >= 0.3 is 5.97 Å². The normalized spacial score (nSPS) is 9.95. The Morgan fingerprint density at radius 3 is 2.38 bits per heavy atom. The summed E-state index contributed by atoms with van der Waals surface area (Å²) in [5.74, 6) is -1.27. The highest BCUT2D eigenvalue weighted by Crippen LogP contribution is 2.03. The number of nitrogens with one attached hydrogen (secondary N) is 1. The molecule has 0 saturated heterocycles. The average Bonchev–Trinajstić information content (AvgIpc) is 2.43. The summed E-state index contributed by atoms with van der Waals surface area (Å²) in [6.45, 7) is 2.15. The maximum absolute atomic E-state index is 12.2. The molecule has 1 aromatic rings. The van der Waals surface area contributed by atoms with Crippen LogP contribution in [-0.2, 0) is 20.8 Å². The fraction of sp³-hybridized carbons (Fsp3) is 0.400. The maximum atomic E-state index is 12.2. The smallest absolute Gasteiger partial charge is 0.305 e. The second-order valence-electron chi connectivity index (χ2n) is 4.67. The largest absolute Gasteiger partial charge is 0.481 e. The van der Waals surface area contributed by atoms with Gasteiger partial charge in [-0.3, -0.25) is 14.4 Å². The number of hydrogen-bond acceptors (Lipinski definition) is 3. The number of carbonyl (C=O) groups is 3. The van der Waals surface area contributed by atoms with E-state index in [0.29, 0.717) is 13.1 Å². The van der Waals surface area contributed by atoms with Gasteiger partial charge in [-0.25, -0.2) is 0 Å². The van der Waals surface area contributed by atoms with E-state index in [1.807, 2.05) is 30.3 Å². The maximum Gasteiger partial charge on any atom is 0.305 e. The summed E-state index contributed by atoms with van der Waals surface area (Å²) < 4.78 is 0. The first-order valence-electron chi connectivity index (χ1n) is 6.77. The van der Waals surface area contributed by atoms with E-state index < -0.39 is 5.97 Å². The molecule has 6 nitrogen and oxygen atoms in total. The molecule has 0 aromatic heterocycles. The van der Waals surface area contributed by atoms with Crippen molar-refractivity contribution in [1.82, 2.24) is 10.2 Å². The zero-order valence-electron chi connectivity index (χ0n) is 12.0. The summed E-state index contributed by atoms with van der Waals surface area (Å²) in [5, 5.41) is 11.3. The zero-order chi connectivity index (χ0) is 15.7. The van der Waals surface area contributed by atoms with E-state index in [2.05, 4.69) is 5.32 Å². The fourth-order valence-corrected chi connectivity index (χ4v) is 1.84. The van der Waals surface area contributed by atoms with E-state index in [4.69, 9.17) is 5.11 Å². The number of nitrogens with zero attached hydrogens (tertiary/aromatic N) is 1. The number of aliphatic carboxylic acids is 1. The summed E-state index contributed by atoms with van der Waals surface area (Å²) in [6.07, 6.45) is 0.112. The monoisotopic (exact) mass is 292 g/mol. The number of benzene rings is 1. The molecule has 0 atom stereocenters. The van der Waals surface area contributed by atoms with E-state index in [1.54, 1.807) is 0 Å². The lowest BCUT2D eigenvalue weighted by Crippen LogP contribution is -2.40. The first-order valence-corrected chi connectivity index (χ1v) is 6.77. The third-order valence-electron chi connectivity index (χ3n) is 2.90. The van der Waals surface area contributed by atoms with Crippen molar-refractivity contribution in [3.63, 3.8) is 0 Å². The van der Waals surface area contributed by atoms with E-state index >= 15 is 0 Å². The molecule has 21 heavy (non-hydrogen) atoms. The lowest BCUT2D eigenvalue weighted by molar-refractivity contribution is -0.138. The van der Waals surface area contributed by atoms with E-state index in [-0.39, 0.29) is 31.2 Å². The average molecular weight is 292 g/mol. The molecular weight excluding hydrogens is 272 g/mol. The van der Waals surface area contributed by atoms with Crippen molar-refractivity contribution in [3.8, 4) is 0 Å². The Morgan fingerprint density at radius 2 is 1.81 bits per heavy atom.